The molecule has 1 saturated heterocycles. The molecule has 2 aromatic rings. The molecule has 0 aliphatic carbocycles. The third-order valence-corrected chi connectivity index (χ3v) is 4.90. The lowest BCUT2D eigenvalue weighted by atomic mass is 9.99. The Morgan fingerprint density at radius 1 is 0.969 bits per heavy atom. The molecule has 0 bridgehead atoms. The van der Waals surface area contributed by atoms with E-state index < -0.39 is 43.3 Å². The number of esters is 1. The molecule has 6 N–H and O–H groups in total. The van der Waals surface area contributed by atoms with E-state index in [1.165, 1.54) is 43.5 Å². The highest BCUT2D eigenvalue weighted by molar-refractivity contribution is 5.90. The van der Waals surface area contributed by atoms with Gasteiger partial charge in [0.15, 0.2) is 23.0 Å². The summed E-state index contributed by atoms with van der Waals surface area (Å²) in [4.78, 5) is 12.2. The van der Waals surface area contributed by atoms with Crippen LogP contribution < -0.4 is 9.47 Å². The number of aliphatic hydroxyl groups excluding tert-OH is 4. The lowest BCUT2D eigenvalue weighted by Crippen LogP contribution is -2.60. The van der Waals surface area contributed by atoms with Crippen molar-refractivity contribution in [3.05, 3.63) is 47.5 Å². The third-order valence-electron chi connectivity index (χ3n) is 4.90. The number of carbonyl (C=O) groups is 1. The van der Waals surface area contributed by atoms with E-state index in [4.69, 9.17) is 18.9 Å². The van der Waals surface area contributed by atoms with E-state index in [1.807, 2.05) is 0 Å². The van der Waals surface area contributed by atoms with Gasteiger partial charge in [0.05, 0.1) is 19.3 Å². The molecule has 5 atom stereocenters. The van der Waals surface area contributed by atoms with Crippen LogP contribution in [0.1, 0.15) is 15.9 Å². The topological polar surface area (TPSA) is 175 Å². The summed E-state index contributed by atoms with van der Waals surface area (Å²) < 4.78 is 20.8. The van der Waals surface area contributed by atoms with Crippen molar-refractivity contribution in [1.82, 2.24) is 0 Å². The Kier molecular flexibility index (Phi) is 7.38. The normalized spacial score (nSPS) is 25.2. The predicted octanol–water partition coefficient (Wildman–Crippen LogP) is -0.358. The number of methoxy groups -OCH3 is 1. The molecule has 32 heavy (non-hydrogen) atoms. The molecule has 0 amide bonds. The van der Waals surface area contributed by atoms with Gasteiger partial charge in [-0.25, -0.2) is 4.79 Å². The lowest BCUT2D eigenvalue weighted by molar-refractivity contribution is -0.277. The summed E-state index contributed by atoms with van der Waals surface area (Å²) in [6.07, 6.45) is -7.39. The fraction of sp³-hybridized carbons (Fsp3) is 0.381. The molecule has 3 rings (SSSR count). The molecule has 2 aromatic carbocycles. The summed E-state index contributed by atoms with van der Waals surface area (Å²) in [5.74, 6) is -1.14. The van der Waals surface area contributed by atoms with Crippen molar-refractivity contribution >= 4 is 5.97 Å². The van der Waals surface area contributed by atoms with Crippen molar-refractivity contribution in [2.45, 2.75) is 37.3 Å². The SMILES string of the molecule is COc1cc(C(=O)OCc2ccc(O[C@@H]3O[C@H](CO)[C@@H](O)[C@H](O)[C@H]3O)c(O)c2)ccc1O. The minimum absolute atomic E-state index is 0.104. The Morgan fingerprint density at radius 2 is 1.72 bits per heavy atom. The minimum atomic E-state index is -1.63. The maximum Gasteiger partial charge on any atom is 0.338 e. The number of hydrogen-bond donors (Lipinski definition) is 6. The van der Waals surface area contributed by atoms with E-state index in [1.54, 1.807) is 0 Å². The first-order valence-electron chi connectivity index (χ1n) is 9.58. The number of rotatable bonds is 7. The molecular formula is C21H24O11. The fourth-order valence-electron chi connectivity index (χ4n) is 3.08. The van der Waals surface area contributed by atoms with Crippen LogP contribution in [0, 0.1) is 0 Å². The van der Waals surface area contributed by atoms with Crippen LogP contribution in [0.4, 0.5) is 0 Å². The number of ether oxygens (including phenoxy) is 4. The molecule has 0 aromatic heterocycles. The van der Waals surface area contributed by atoms with E-state index in [0.29, 0.717) is 5.56 Å². The van der Waals surface area contributed by atoms with Crippen molar-refractivity contribution < 1.29 is 54.4 Å². The van der Waals surface area contributed by atoms with Crippen LogP contribution in [-0.4, -0.2) is 81.0 Å². The van der Waals surface area contributed by atoms with Crippen LogP contribution in [0.2, 0.25) is 0 Å². The van der Waals surface area contributed by atoms with Crippen molar-refractivity contribution in [1.29, 1.82) is 0 Å². The quantitative estimate of drug-likeness (QED) is 0.303. The Morgan fingerprint density at radius 3 is 2.38 bits per heavy atom. The highest BCUT2D eigenvalue weighted by Gasteiger charge is 2.44. The largest absolute Gasteiger partial charge is 0.504 e. The van der Waals surface area contributed by atoms with Gasteiger partial charge in [0.2, 0.25) is 6.29 Å². The number of phenolic OH excluding ortho intramolecular Hbond substituents is 2. The molecule has 1 fully saturated rings. The summed E-state index contributed by atoms with van der Waals surface area (Å²) in [5, 5.41) is 58.7. The van der Waals surface area contributed by atoms with Crippen LogP contribution >= 0.6 is 0 Å². The van der Waals surface area contributed by atoms with E-state index >= 15 is 0 Å². The maximum atomic E-state index is 12.2. The lowest BCUT2D eigenvalue weighted by Gasteiger charge is -2.39. The summed E-state index contributed by atoms with van der Waals surface area (Å²) in [6, 6.07) is 8.09. The van der Waals surface area contributed by atoms with Crippen LogP contribution in [0.3, 0.4) is 0 Å². The number of carbonyl (C=O) groups excluding carboxylic acids is 1. The smallest absolute Gasteiger partial charge is 0.338 e. The molecule has 0 radical (unpaired) electrons. The van der Waals surface area contributed by atoms with Gasteiger partial charge in [-0.1, -0.05) is 6.07 Å². The molecular weight excluding hydrogens is 428 g/mol. The average Bonchev–Trinajstić information content (AvgIpc) is 2.79. The third kappa shape index (κ3) is 5.03. The highest BCUT2D eigenvalue weighted by Crippen LogP contribution is 2.32. The molecule has 11 heteroatoms. The van der Waals surface area contributed by atoms with Gasteiger partial charge in [0.25, 0.3) is 0 Å². The zero-order chi connectivity index (χ0) is 23.4. The molecule has 1 aliphatic heterocycles. The zero-order valence-electron chi connectivity index (χ0n) is 17.0. The first-order valence-corrected chi connectivity index (χ1v) is 9.58. The maximum absolute atomic E-state index is 12.2. The summed E-state index contributed by atoms with van der Waals surface area (Å²) in [5.41, 5.74) is 0.578. The molecule has 1 aliphatic rings. The zero-order valence-corrected chi connectivity index (χ0v) is 17.0. The van der Waals surface area contributed by atoms with Gasteiger partial charge in [-0.15, -0.1) is 0 Å². The van der Waals surface area contributed by atoms with Crippen molar-refractivity contribution in [3.63, 3.8) is 0 Å². The van der Waals surface area contributed by atoms with Crippen molar-refractivity contribution in [2.24, 2.45) is 0 Å². The molecule has 0 saturated carbocycles. The second-order valence-corrected chi connectivity index (χ2v) is 7.08. The second-order valence-electron chi connectivity index (χ2n) is 7.08. The monoisotopic (exact) mass is 452 g/mol. The van der Waals surface area contributed by atoms with Crippen molar-refractivity contribution in [2.75, 3.05) is 13.7 Å². The second kappa shape index (κ2) is 10.0. The van der Waals surface area contributed by atoms with E-state index in [2.05, 4.69) is 0 Å². The first kappa shape index (κ1) is 23.6. The fourth-order valence-corrected chi connectivity index (χ4v) is 3.08. The van der Waals surface area contributed by atoms with Crippen LogP contribution in [0.25, 0.3) is 0 Å². The molecule has 1 heterocycles. The number of aromatic hydroxyl groups is 2. The number of benzene rings is 2. The van der Waals surface area contributed by atoms with E-state index in [0.717, 1.165) is 0 Å². The summed E-state index contributed by atoms with van der Waals surface area (Å²) in [7, 11) is 1.35. The Hall–Kier alpha value is -3.09. The number of hydrogen-bond acceptors (Lipinski definition) is 11. The molecule has 0 spiro atoms. The van der Waals surface area contributed by atoms with Gasteiger partial charge in [0, 0.05) is 0 Å². The molecule has 0 unspecified atom stereocenters. The van der Waals surface area contributed by atoms with Crippen molar-refractivity contribution in [3.8, 4) is 23.0 Å². The predicted molar refractivity (Wildman–Crippen MR) is 106 cm³/mol. The van der Waals surface area contributed by atoms with Crippen LogP contribution in [0.5, 0.6) is 23.0 Å². The van der Waals surface area contributed by atoms with Gasteiger partial charge in [0.1, 0.15) is 31.0 Å². The minimum Gasteiger partial charge on any atom is -0.504 e. The number of phenols is 2. The molecule has 11 nitrogen and oxygen atoms in total. The Labute approximate surface area is 182 Å². The van der Waals surface area contributed by atoms with Gasteiger partial charge < -0.3 is 49.6 Å². The summed E-state index contributed by atoms with van der Waals surface area (Å²) >= 11 is 0. The van der Waals surface area contributed by atoms with Gasteiger partial charge in [-0.05, 0) is 35.9 Å². The van der Waals surface area contributed by atoms with Crippen LogP contribution in [0.15, 0.2) is 36.4 Å². The van der Waals surface area contributed by atoms with E-state index in [9.17, 15) is 35.4 Å². The average molecular weight is 452 g/mol. The Balaban J connectivity index is 1.63. The molecule has 174 valence electrons. The number of aliphatic hydroxyl groups is 4. The van der Waals surface area contributed by atoms with Gasteiger partial charge in [-0.3, -0.25) is 0 Å². The standard InChI is InChI=1S/C21H24O11/c1-29-15-7-11(3-4-12(15)23)20(28)30-9-10-2-5-14(13(24)6-10)31-21-19(27)18(26)17(25)16(8-22)32-21/h2-7,16-19,21-27H,8-9H2,1H3/t16-,17-,18+,19-,21-/m1/s1. The van der Waals surface area contributed by atoms with Gasteiger partial charge in [-0.2, -0.15) is 0 Å². The first-order chi connectivity index (χ1) is 15.2. The Bertz CT molecular complexity index is 945. The van der Waals surface area contributed by atoms with E-state index in [-0.39, 0.29) is 35.2 Å². The highest BCUT2D eigenvalue weighted by atomic mass is 16.7. The van der Waals surface area contributed by atoms with Gasteiger partial charge >= 0.3 is 5.97 Å². The summed E-state index contributed by atoms with van der Waals surface area (Å²) in [6.45, 7) is -0.802. The van der Waals surface area contributed by atoms with Crippen LogP contribution in [-0.2, 0) is 16.1 Å².